The molecule has 5 nitrogen and oxygen atoms in total. The Labute approximate surface area is 119 Å². The fourth-order valence-electron chi connectivity index (χ4n) is 2.51. The van der Waals surface area contributed by atoms with E-state index in [2.05, 4.69) is 0 Å². The summed E-state index contributed by atoms with van der Waals surface area (Å²) in [7, 11) is 3.44. The first-order valence-corrected chi connectivity index (χ1v) is 6.85. The van der Waals surface area contributed by atoms with Crippen LogP contribution in [-0.2, 0) is 11.3 Å². The van der Waals surface area contributed by atoms with Crippen molar-refractivity contribution in [2.45, 2.75) is 25.4 Å². The fraction of sp³-hybridized carbons (Fsp3) is 0.467. The number of likely N-dealkylation sites (N-methyl/N-ethyl adjacent to an activating group) is 1. The molecular weight excluding hydrogens is 254 g/mol. The van der Waals surface area contributed by atoms with Crippen LogP contribution in [0.4, 0.5) is 0 Å². The molecule has 2 N–H and O–H groups in total. The molecule has 1 atom stereocenters. The predicted octanol–water partition coefficient (Wildman–Crippen LogP) is 0.838. The van der Waals surface area contributed by atoms with Crippen molar-refractivity contribution in [3.63, 3.8) is 0 Å². The summed E-state index contributed by atoms with van der Waals surface area (Å²) in [6, 6.07) is 6.94. The van der Waals surface area contributed by atoms with Crippen molar-refractivity contribution < 1.29 is 9.59 Å². The number of amides is 2. The van der Waals surface area contributed by atoms with Crippen LogP contribution in [0.2, 0.25) is 0 Å². The van der Waals surface area contributed by atoms with E-state index in [1.807, 2.05) is 12.1 Å². The Morgan fingerprint density at radius 2 is 1.95 bits per heavy atom. The van der Waals surface area contributed by atoms with Gasteiger partial charge in [-0.1, -0.05) is 12.1 Å². The number of nitrogens with zero attached hydrogens (tertiary/aromatic N) is 2. The Balaban J connectivity index is 2.16. The van der Waals surface area contributed by atoms with E-state index < -0.39 is 0 Å². The number of hydrogen-bond acceptors (Lipinski definition) is 3. The summed E-state index contributed by atoms with van der Waals surface area (Å²) in [6.45, 7) is 1.10. The standard InChI is InChI=1S/C15H21N3O2/c1-17(2)15(20)13-4-3-9-18(13)14(19)12-7-5-11(10-16)6-8-12/h5-8,13H,3-4,9-10,16H2,1-2H3. The first kappa shape index (κ1) is 14.5. The molecule has 1 fully saturated rings. The van der Waals surface area contributed by atoms with Gasteiger partial charge in [-0.15, -0.1) is 0 Å². The van der Waals surface area contributed by atoms with Crippen LogP contribution >= 0.6 is 0 Å². The number of nitrogens with two attached hydrogens (primary N) is 1. The van der Waals surface area contributed by atoms with Gasteiger partial charge in [0, 0.05) is 32.7 Å². The molecule has 1 heterocycles. The highest BCUT2D eigenvalue weighted by Crippen LogP contribution is 2.21. The minimum Gasteiger partial charge on any atom is -0.347 e. The van der Waals surface area contributed by atoms with Crippen LogP contribution in [0, 0.1) is 0 Å². The Hall–Kier alpha value is -1.88. The van der Waals surface area contributed by atoms with Crippen LogP contribution in [0.3, 0.4) is 0 Å². The molecule has 1 saturated heterocycles. The van der Waals surface area contributed by atoms with Crippen molar-refractivity contribution in [2.75, 3.05) is 20.6 Å². The van der Waals surface area contributed by atoms with E-state index in [9.17, 15) is 9.59 Å². The molecule has 5 heteroatoms. The second kappa shape index (κ2) is 6.05. The number of rotatable bonds is 3. The maximum Gasteiger partial charge on any atom is 0.254 e. The third kappa shape index (κ3) is 2.82. The molecule has 108 valence electrons. The maximum atomic E-state index is 12.5. The van der Waals surface area contributed by atoms with Gasteiger partial charge in [0.2, 0.25) is 5.91 Å². The first-order valence-electron chi connectivity index (χ1n) is 6.85. The lowest BCUT2D eigenvalue weighted by molar-refractivity contribution is -0.132. The van der Waals surface area contributed by atoms with Crippen molar-refractivity contribution in [1.82, 2.24) is 9.80 Å². The Bertz CT molecular complexity index is 496. The van der Waals surface area contributed by atoms with E-state index in [1.165, 1.54) is 0 Å². The topological polar surface area (TPSA) is 66.6 Å². The van der Waals surface area contributed by atoms with Crippen LogP contribution in [0.5, 0.6) is 0 Å². The molecule has 20 heavy (non-hydrogen) atoms. The zero-order valence-electron chi connectivity index (χ0n) is 12.0. The molecule has 2 rings (SSSR count). The second-order valence-corrected chi connectivity index (χ2v) is 5.29. The normalized spacial score (nSPS) is 18.1. The lowest BCUT2D eigenvalue weighted by Gasteiger charge is -2.26. The predicted molar refractivity (Wildman–Crippen MR) is 77.1 cm³/mol. The molecule has 0 saturated carbocycles. The number of likely N-dealkylation sites (tertiary alicyclic amines) is 1. The summed E-state index contributed by atoms with van der Waals surface area (Å²) >= 11 is 0. The molecule has 0 radical (unpaired) electrons. The Morgan fingerprint density at radius 1 is 1.30 bits per heavy atom. The molecule has 1 aromatic carbocycles. The van der Waals surface area contributed by atoms with E-state index in [0.29, 0.717) is 18.7 Å². The Morgan fingerprint density at radius 3 is 2.50 bits per heavy atom. The van der Waals surface area contributed by atoms with Gasteiger partial charge in [0.05, 0.1) is 0 Å². The van der Waals surface area contributed by atoms with Crippen LogP contribution in [0.1, 0.15) is 28.8 Å². The van der Waals surface area contributed by atoms with Crippen molar-refractivity contribution in [3.05, 3.63) is 35.4 Å². The minimum absolute atomic E-state index is 0.00516. The highest BCUT2D eigenvalue weighted by molar-refractivity contribution is 5.97. The summed E-state index contributed by atoms with van der Waals surface area (Å²) in [5, 5.41) is 0. The van der Waals surface area contributed by atoms with E-state index in [4.69, 9.17) is 5.73 Å². The minimum atomic E-state index is -0.327. The molecule has 2 amide bonds. The molecular formula is C15H21N3O2. The molecule has 1 aliphatic heterocycles. The van der Waals surface area contributed by atoms with Crippen molar-refractivity contribution in [3.8, 4) is 0 Å². The van der Waals surface area contributed by atoms with E-state index in [1.54, 1.807) is 36.0 Å². The van der Waals surface area contributed by atoms with Crippen molar-refractivity contribution in [2.24, 2.45) is 5.73 Å². The zero-order chi connectivity index (χ0) is 14.7. The molecule has 0 aliphatic carbocycles. The highest BCUT2D eigenvalue weighted by Gasteiger charge is 2.35. The monoisotopic (exact) mass is 275 g/mol. The van der Waals surface area contributed by atoms with Crippen molar-refractivity contribution >= 4 is 11.8 Å². The van der Waals surface area contributed by atoms with Gasteiger partial charge in [-0.25, -0.2) is 0 Å². The number of carbonyl (C=O) groups is 2. The van der Waals surface area contributed by atoms with E-state index >= 15 is 0 Å². The van der Waals surface area contributed by atoms with Gasteiger partial charge < -0.3 is 15.5 Å². The summed E-state index contributed by atoms with van der Waals surface area (Å²) in [6.07, 6.45) is 1.61. The van der Waals surface area contributed by atoms with Crippen LogP contribution < -0.4 is 5.73 Å². The molecule has 0 aromatic heterocycles. The molecule has 1 aromatic rings. The first-order chi connectivity index (χ1) is 9.54. The second-order valence-electron chi connectivity index (χ2n) is 5.29. The van der Waals surface area contributed by atoms with Gasteiger partial charge in [0.15, 0.2) is 0 Å². The smallest absolute Gasteiger partial charge is 0.254 e. The molecule has 0 spiro atoms. The SMILES string of the molecule is CN(C)C(=O)C1CCCN1C(=O)c1ccc(CN)cc1. The summed E-state index contributed by atoms with van der Waals surface area (Å²) in [4.78, 5) is 27.8. The van der Waals surface area contributed by atoms with E-state index in [0.717, 1.165) is 18.4 Å². The zero-order valence-corrected chi connectivity index (χ0v) is 12.0. The van der Waals surface area contributed by atoms with Gasteiger partial charge in [0.1, 0.15) is 6.04 Å². The molecule has 0 bridgehead atoms. The van der Waals surface area contributed by atoms with Gasteiger partial charge in [-0.3, -0.25) is 9.59 Å². The summed E-state index contributed by atoms with van der Waals surface area (Å²) in [5.41, 5.74) is 7.15. The summed E-state index contributed by atoms with van der Waals surface area (Å²) in [5.74, 6) is -0.0827. The average Bonchev–Trinajstić information content (AvgIpc) is 2.94. The third-order valence-corrected chi connectivity index (χ3v) is 3.68. The lowest BCUT2D eigenvalue weighted by Crippen LogP contribution is -2.45. The quantitative estimate of drug-likeness (QED) is 0.889. The molecule has 1 aliphatic rings. The number of carbonyl (C=O) groups excluding carboxylic acids is 2. The lowest BCUT2D eigenvalue weighted by atomic mass is 10.1. The van der Waals surface area contributed by atoms with Gasteiger partial charge in [-0.05, 0) is 30.5 Å². The molecule has 1 unspecified atom stereocenters. The Kier molecular flexibility index (Phi) is 4.39. The van der Waals surface area contributed by atoms with Crippen molar-refractivity contribution in [1.29, 1.82) is 0 Å². The highest BCUT2D eigenvalue weighted by atomic mass is 16.2. The summed E-state index contributed by atoms with van der Waals surface area (Å²) < 4.78 is 0. The number of hydrogen-bond donors (Lipinski definition) is 1. The van der Waals surface area contributed by atoms with Gasteiger partial charge in [0.25, 0.3) is 5.91 Å². The average molecular weight is 275 g/mol. The van der Waals surface area contributed by atoms with E-state index in [-0.39, 0.29) is 17.9 Å². The number of benzene rings is 1. The third-order valence-electron chi connectivity index (χ3n) is 3.68. The van der Waals surface area contributed by atoms with Gasteiger partial charge >= 0.3 is 0 Å². The van der Waals surface area contributed by atoms with Crippen LogP contribution in [-0.4, -0.2) is 48.3 Å². The maximum absolute atomic E-state index is 12.5. The largest absolute Gasteiger partial charge is 0.347 e. The van der Waals surface area contributed by atoms with Crippen LogP contribution in [0.15, 0.2) is 24.3 Å². The van der Waals surface area contributed by atoms with Gasteiger partial charge in [-0.2, -0.15) is 0 Å². The fourth-order valence-corrected chi connectivity index (χ4v) is 2.51. The van der Waals surface area contributed by atoms with Crippen LogP contribution in [0.25, 0.3) is 0 Å².